The Balaban J connectivity index is 1.44. The molecule has 6 nitrogen and oxygen atoms in total. The van der Waals surface area contributed by atoms with Gasteiger partial charge in [-0.3, -0.25) is 4.79 Å². The lowest BCUT2D eigenvalue weighted by molar-refractivity contribution is -0.920. The third-order valence-corrected chi connectivity index (χ3v) is 5.86. The van der Waals surface area contributed by atoms with Crippen molar-refractivity contribution in [1.82, 2.24) is 9.97 Å². The van der Waals surface area contributed by atoms with Crippen molar-refractivity contribution in [1.29, 1.82) is 0 Å². The van der Waals surface area contributed by atoms with Gasteiger partial charge in [0, 0.05) is 6.07 Å². The first kappa shape index (κ1) is 19.5. The van der Waals surface area contributed by atoms with Gasteiger partial charge in [-0.15, -0.1) is 0 Å². The second kappa shape index (κ2) is 8.66. The van der Waals surface area contributed by atoms with Gasteiger partial charge in [-0.2, -0.15) is 0 Å². The van der Waals surface area contributed by atoms with E-state index in [4.69, 9.17) is 9.47 Å². The van der Waals surface area contributed by atoms with Gasteiger partial charge in [0.15, 0.2) is 17.3 Å². The van der Waals surface area contributed by atoms with E-state index >= 15 is 0 Å². The normalized spacial score (nSPS) is 19.2. The van der Waals surface area contributed by atoms with Gasteiger partial charge in [0.1, 0.15) is 6.54 Å². The first-order valence-electron chi connectivity index (χ1n) is 10.2. The van der Waals surface area contributed by atoms with Gasteiger partial charge < -0.3 is 19.4 Å². The zero-order valence-corrected chi connectivity index (χ0v) is 17.0. The van der Waals surface area contributed by atoms with Gasteiger partial charge in [-0.25, -0.2) is 4.98 Å². The van der Waals surface area contributed by atoms with Gasteiger partial charge in [0.2, 0.25) is 0 Å². The number of rotatable bonds is 6. The maximum absolute atomic E-state index is 12.6. The van der Waals surface area contributed by atoms with Crippen LogP contribution < -0.4 is 19.9 Å². The summed E-state index contributed by atoms with van der Waals surface area (Å²) in [7, 11) is 3.14. The number of quaternary nitrogens is 1. The standard InChI is InChI=1S/C23H27N3O3/c1-28-20-13-18-19(14-21(20)29-2)24-22(25-23(18)27)15-26-10-8-17(9-11-26)12-16-6-4-3-5-7-16/h3-7,13-14,17H,8-12,15H2,1-2H3,(H,24,25,27)/p+1. The second-order valence-corrected chi connectivity index (χ2v) is 7.80. The maximum atomic E-state index is 12.6. The number of ether oxygens (including phenoxy) is 2. The molecule has 6 heteroatoms. The fourth-order valence-electron chi connectivity index (χ4n) is 4.25. The highest BCUT2D eigenvalue weighted by molar-refractivity contribution is 5.81. The Kier molecular flexibility index (Phi) is 5.81. The summed E-state index contributed by atoms with van der Waals surface area (Å²) in [5.41, 5.74) is 1.93. The molecule has 1 fully saturated rings. The first-order chi connectivity index (χ1) is 14.2. The van der Waals surface area contributed by atoms with Gasteiger partial charge in [-0.05, 0) is 36.8 Å². The molecule has 3 aromatic rings. The fraction of sp³-hybridized carbons (Fsp3) is 0.391. The molecule has 4 rings (SSSR count). The third kappa shape index (κ3) is 4.43. The van der Waals surface area contributed by atoms with E-state index in [2.05, 4.69) is 40.3 Å². The smallest absolute Gasteiger partial charge is 0.259 e. The average Bonchev–Trinajstić information content (AvgIpc) is 2.75. The van der Waals surface area contributed by atoms with E-state index in [0.29, 0.717) is 22.4 Å². The topological polar surface area (TPSA) is 68.7 Å². The van der Waals surface area contributed by atoms with Gasteiger partial charge >= 0.3 is 0 Å². The van der Waals surface area contributed by atoms with Crippen LogP contribution in [0.4, 0.5) is 0 Å². The second-order valence-electron chi connectivity index (χ2n) is 7.80. The Morgan fingerprint density at radius 1 is 1.07 bits per heavy atom. The van der Waals surface area contributed by atoms with E-state index in [0.717, 1.165) is 37.8 Å². The van der Waals surface area contributed by atoms with Crippen LogP contribution in [0.5, 0.6) is 11.5 Å². The number of nitrogens with one attached hydrogen (secondary N) is 2. The maximum Gasteiger partial charge on any atom is 0.259 e. The molecular weight excluding hydrogens is 366 g/mol. The predicted molar refractivity (Wildman–Crippen MR) is 113 cm³/mol. The Morgan fingerprint density at radius 2 is 1.76 bits per heavy atom. The van der Waals surface area contributed by atoms with Crippen LogP contribution in [0.2, 0.25) is 0 Å². The van der Waals surface area contributed by atoms with Gasteiger partial charge in [0.25, 0.3) is 5.56 Å². The molecule has 0 radical (unpaired) electrons. The summed E-state index contributed by atoms with van der Waals surface area (Å²) >= 11 is 0. The highest BCUT2D eigenvalue weighted by atomic mass is 16.5. The van der Waals surface area contributed by atoms with Gasteiger partial charge in [-0.1, -0.05) is 30.3 Å². The SMILES string of the molecule is COc1cc2nc(C[NH+]3CCC(Cc4ccccc4)CC3)[nH]c(=O)c2cc1OC. The number of likely N-dealkylation sites (tertiary alicyclic amines) is 1. The summed E-state index contributed by atoms with van der Waals surface area (Å²) < 4.78 is 10.6. The summed E-state index contributed by atoms with van der Waals surface area (Å²) in [4.78, 5) is 21.7. The quantitative estimate of drug-likeness (QED) is 0.671. The molecule has 0 amide bonds. The Hall–Kier alpha value is -2.86. The highest BCUT2D eigenvalue weighted by Crippen LogP contribution is 2.29. The molecule has 1 aromatic heterocycles. The average molecular weight is 394 g/mol. The zero-order valence-electron chi connectivity index (χ0n) is 17.0. The monoisotopic (exact) mass is 394 g/mol. The summed E-state index contributed by atoms with van der Waals surface area (Å²) in [6, 6.07) is 14.2. The molecule has 29 heavy (non-hydrogen) atoms. The van der Waals surface area contributed by atoms with Crippen LogP contribution in [0.25, 0.3) is 10.9 Å². The molecule has 1 aliphatic rings. The van der Waals surface area contributed by atoms with Crippen molar-refractivity contribution in [2.24, 2.45) is 5.92 Å². The van der Waals surface area contributed by atoms with Crippen LogP contribution in [0, 0.1) is 5.92 Å². The number of methoxy groups -OCH3 is 2. The molecule has 0 saturated carbocycles. The summed E-state index contributed by atoms with van der Waals surface area (Å²) in [6.45, 7) is 2.94. The van der Waals surface area contributed by atoms with Crippen molar-refractivity contribution in [3.8, 4) is 11.5 Å². The van der Waals surface area contributed by atoms with Crippen molar-refractivity contribution >= 4 is 10.9 Å². The van der Waals surface area contributed by atoms with Crippen molar-refractivity contribution in [2.45, 2.75) is 25.8 Å². The van der Waals surface area contributed by atoms with Gasteiger partial charge in [0.05, 0.1) is 38.2 Å². The molecule has 1 aliphatic heterocycles. The van der Waals surface area contributed by atoms with Crippen molar-refractivity contribution in [3.63, 3.8) is 0 Å². The number of aromatic amines is 1. The predicted octanol–water partition coefficient (Wildman–Crippen LogP) is 1.98. The minimum atomic E-state index is -0.135. The van der Waals surface area contributed by atoms with Crippen LogP contribution in [0.15, 0.2) is 47.3 Å². The van der Waals surface area contributed by atoms with Crippen LogP contribution in [-0.2, 0) is 13.0 Å². The first-order valence-corrected chi connectivity index (χ1v) is 10.2. The molecule has 152 valence electrons. The van der Waals surface area contributed by atoms with E-state index in [1.54, 1.807) is 26.4 Å². The number of fused-ring (bicyclic) bond motifs is 1. The molecule has 2 heterocycles. The van der Waals surface area contributed by atoms with Crippen molar-refractivity contribution in [2.75, 3.05) is 27.3 Å². The Morgan fingerprint density at radius 3 is 2.45 bits per heavy atom. The van der Waals surface area contributed by atoms with Crippen LogP contribution in [-0.4, -0.2) is 37.3 Å². The molecule has 0 aliphatic carbocycles. The number of nitrogens with zero attached hydrogens (tertiary/aromatic N) is 1. The number of H-pyrrole nitrogens is 1. The lowest BCUT2D eigenvalue weighted by Crippen LogP contribution is -3.11. The summed E-state index contributed by atoms with van der Waals surface area (Å²) in [6.07, 6.45) is 3.56. The lowest BCUT2D eigenvalue weighted by atomic mass is 9.90. The number of aromatic nitrogens is 2. The van der Waals surface area contributed by atoms with Crippen LogP contribution in [0.1, 0.15) is 24.2 Å². The van der Waals surface area contributed by atoms with Crippen molar-refractivity contribution < 1.29 is 14.4 Å². The molecule has 1 saturated heterocycles. The minimum absolute atomic E-state index is 0.135. The molecule has 0 bridgehead atoms. The number of piperidine rings is 1. The molecule has 2 N–H and O–H groups in total. The Labute approximate surface area is 170 Å². The molecule has 0 atom stereocenters. The van der Waals surface area contributed by atoms with Crippen molar-refractivity contribution in [3.05, 3.63) is 64.2 Å². The largest absolute Gasteiger partial charge is 0.493 e. The van der Waals surface area contributed by atoms with E-state index < -0.39 is 0 Å². The van der Waals surface area contributed by atoms with E-state index in [9.17, 15) is 4.79 Å². The number of hydrogen-bond acceptors (Lipinski definition) is 4. The minimum Gasteiger partial charge on any atom is -0.493 e. The van der Waals surface area contributed by atoms with Crippen LogP contribution >= 0.6 is 0 Å². The summed E-state index contributed by atoms with van der Waals surface area (Å²) in [5.74, 6) is 2.58. The zero-order chi connectivity index (χ0) is 20.2. The van der Waals surface area contributed by atoms with Crippen LogP contribution in [0.3, 0.4) is 0 Å². The number of hydrogen-bond donors (Lipinski definition) is 2. The van der Waals surface area contributed by atoms with E-state index in [-0.39, 0.29) is 5.56 Å². The van der Waals surface area contributed by atoms with E-state index in [1.807, 2.05) is 0 Å². The Bertz CT molecular complexity index is 1020. The molecule has 2 aromatic carbocycles. The molecule has 0 spiro atoms. The third-order valence-electron chi connectivity index (χ3n) is 5.86. The fourth-order valence-corrected chi connectivity index (χ4v) is 4.25. The molecule has 0 unspecified atom stereocenters. The highest BCUT2D eigenvalue weighted by Gasteiger charge is 2.23. The summed E-state index contributed by atoms with van der Waals surface area (Å²) in [5, 5.41) is 0.517. The van der Waals surface area contributed by atoms with E-state index in [1.165, 1.54) is 23.3 Å². The lowest BCUT2D eigenvalue weighted by Gasteiger charge is -2.29. The molecular formula is C23H28N3O3+. The number of benzene rings is 2.